The normalized spacial score (nSPS) is 23.3. The summed E-state index contributed by atoms with van der Waals surface area (Å²) >= 11 is 6.14. The van der Waals surface area contributed by atoms with Crippen molar-refractivity contribution in [2.45, 2.75) is 26.3 Å². The van der Waals surface area contributed by atoms with Crippen molar-refractivity contribution in [2.75, 3.05) is 11.9 Å². The minimum Gasteiger partial charge on any atom is -0.370 e. The van der Waals surface area contributed by atoms with Gasteiger partial charge in [0.15, 0.2) is 0 Å². The molecule has 1 aliphatic carbocycles. The van der Waals surface area contributed by atoms with Gasteiger partial charge in [-0.2, -0.15) is 0 Å². The summed E-state index contributed by atoms with van der Waals surface area (Å²) in [4.78, 5) is 2.29. The SMILES string of the molecule is CN(c1ccccc1Cl)C1CC1(C)C. The van der Waals surface area contributed by atoms with E-state index in [0.29, 0.717) is 11.5 Å². The lowest BCUT2D eigenvalue weighted by atomic mass is 10.1. The quantitative estimate of drug-likeness (QED) is 0.720. The van der Waals surface area contributed by atoms with Gasteiger partial charge in [-0.1, -0.05) is 37.6 Å². The lowest BCUT2D eigenvalue weighted by molar-refractivity contribution is 0.604. The first-order valence-corrected chi connectivity index (χ1v) is 5.37. The zero-order chi connectivity index (χ0) is 10.3. The minimum atomic E-state index is 0.452. The Morgan fingerprint density at radius 1 is 1.36 bits per heavy atom. The van der Waals surface area contributed by atoms with Crippen molar-refractivity contribution in [3.63, 3.8) is 0 Å². The van der Waals surface area contributed by atoms with Crippen LogP contribution in [-0.4, -0.2) is 13.1 Å². The smallest absolute Gasteiger partial charge is 0.0639 e. The van der Waals surface area contributed by atoms with Gasteiger partial charge >= 0.3 is 0 Å². The van der Waals surface area contributed by atoms with Crippen LogP contribution in [0.15, 0.2) is 24.3 Å². The molecular weight excluding hydrogens is 194 g/mol. The molecule has 1 nitrogen and oxygen atoms in total. The first-order valence-electron chi connectivity index (χ1n) is 5.00. The van der Waals surface area contributed by atoms with Crippen molar-refractivity contribution in [2.24, 2.45) is 5.41 Å². The van der Waals surface area contributed by atoms with Crippen molar-refractivity contribution in [3.05, 3.63) is 29.3 Å². The van der Waals surface area contributed by atoms with Crippen LogP contribution in [-0.2, 0) is 0 Å². The topological polar surface area (TPSA) is 3.24 Å². The van der Waals surface area contributed by atoms with Crippen LogP contribution in [0.1, 0.15) is 20.3 Å². The molecule has 2 heteroatoms. The summed E-state index contributed by atoms with van der Waals surface area (Å²) in [5.41, 5.74) is 1.60. The zero-order valence-corrected chi connectivity index (χ0v) is 9.67. The van der Waals surface area contributed by atoms with Crippen LogP contribution in [0.5, 0.6) is 0 Å². The molecule has 0 amide bonds. The molecular formula is C12H16ClN. The molecule has 1 aromatic rings. The Morgan fingerprint density at radius 2 is 1.93 bits per heavy atom. The number of hydrogen-bond donors (Lipinski definition) is 0. The Kier molecular flexibility index (Phi) is 2.23. The molecule has 2 rings (SSSR count). The molecule has 1 fully saturated rings. The van der Waals surface area contributed by atoms with E-state index in [1.54, 1.807) is 0 Å². The van der Waals surface area contributed by atoms with E-state index in [9.17, 15) is 0 Å². The zero-order valence-electron chi connectivity index (χ0n) is 8.92. The van der Waals surface area contributed by atoms with Gasteiger partial charge in [0, 0.05) is 13.1 Å². The molecule has 14 heavy (non-hydrogen) atoms. The van der Waals surface area contributed by atoms with E-state index in [-0.39, 0.29) is 0 Å². The third-order valence-corrected chi connectivity index (χ3v) is 3.48. The van der Waals surface area contributed by atoms with Gasteiger partial charge in [0.1, 0.15) is 0 Å². The monoisotopic (exact) mass is 209 g/mol. The molecule has 0 aliphatic heterocycles. The number of hydrogen-bond acceptors (Lipinski definition) is 1. The fourth-order valence-corrected chi connectivity index (χ4v) is 2.28. The largest absolute Gasteiger partial charge is 0.370 e. The second-order valence-corrected chi connectivity index (χ2v) is 5.18. The highest BCUT2D eigenvalue weighted by Crippen LogP contribution is 2.49. The molecule has 0 N–H and O–H groups in total. The van der Waals surface area contributed by atoms with E-state index in [2.05, 4.69) is 31.9 Å². The highest BCUT2D eigenvalue weighted by atomic mass is 35.5. The fraction of sp³-hybridized carbons (Fsp3) is 0.500. The molecule has 1 unspecified atom stereocenters. The lowest BCUT2D eigenvalue weighted by Gasteiger charge is -2.22. The van der Waals surface area contributed by atoms with E-state index >= 15 is 0 Å². The maximum atomic E-state index is 6.14. The van der Waals surface area contributed by atoms with Gasteiger partial charge in [-0.3, -0.25) is 0 Å². The fourth-order valence-electron chi connectivity index (χ4n) is 2.01. The second-order valence-electron chi connectivity index (χ2n) is 4.77. The minimum absolute atomic E-state index is 0.452. The maximum Gasteiger partial charge on any atom is 0.0639 e. The molecule has 0 bridgehead atoms. The van der Waals surface area contributed by atoms with E-state index in [4.69, 9.17) is 11.6 Å². The van der Waals surface area contributed by atoms with Gasteiger partial charge in [0.2, 0.25) is 0 Å². The summed E-state index contributed by atoms with van der Waals surface area (Å²) in [5.74, 6) is 0. The average Bonchev–Trinajstić information content (AvgIpc) is 2.75. The van der Waals surface area contributed by atoms with Crippen molar-refractivity contribution >= 4 is 17.3 Å². The second kappa shape index (κ2) is 3.16. The number of anilines is 1. The van der Waals surface area contributed by atoms with E-state index in [0.717, 1.165) is 10.7 Å². The van der Waals surface area contributed by atoms with Crippen LogP contribution < -0.4 is 4.90 Å². The standard InChI is InChI=1S/C12H16ClN/c1-12(2)8-11(12)14(3)10-7-5-4-6-9(10)13/h4-7,11H,8H2,1-3H3. The number of halogens is 1. The van der Waals surface area contributed by atoms with Crippen molar-refractivity contribution in [1.29, 1.82) is 0 Å². The van der Waals surface area contributed by atoms with E-state index < -0.39 is 0 Å². The molecule has 0 heterocycles. The van der Waals surface area contributed by atoms with Crippen molar-refractivity contribution < 1.29 is 0 Å². The van der Waals surface area contributed by atoms with Gasteiger partial charge in [-0.15, -0.1) is 0 Å². The Morgan fingerprint density at radius 3 is 2.43 bits per heavy atom. The number of nitrogens with zero attached hydrogens (tertiary/aromatic N) is 1. The van der Waals surface area contributed by atoms with E-state index in [1.165, 1.54) is 6.42 Å². The van der Waals surface area contributed by atoms with E-state index in [1.807, 2.05) is 18.2 Å². The van der Waals surface area contributed by atoms with Crippen LogP contribution in [0, 0.1) is 5.41 Å². The Balaban J connectivity index is 2.21. The van der Waals surface area contributed by atoms with Gasteiger partial charge in [-0.05, 0) is 24.0 Å². The predicted molar refractivity (Wildman–Crippen MR) is 62.0 cm³/mol. The number of benzene rings is 1. The summed E-state index contributed by atoms with van der Waals surface area (Å²) in [7, 11) is 2.13. The van der Waals surface area contributed by atoms with Crippen molar-refractivity contribution in [3.8, 4) is 0 Å². The van der Waals surface area contributed by atoms with Crippen LogP contribution in [0.3, 0.4) is 0 Å². The van der Waals surface area contributed by atoms with Crippen molar-refractivity contribution in [1.82, 2.24) is 0 Å². The van der Waals surface area contributed by atoms with Crippen LogP contribution >= 0.6 is 11.6 Å². The average molecular weight is 210 g/mol. The Bertz CT molecular complexity index is 346. The summed E-state index contributed by atoms with van der Waals surface area (Å²) in [6.45, 7) is 4.59. The number of para-hydroxylation sites is 1. The highest BCUT2D eigenvalue weighted by molar-refractivity contribution is 6.33. The van der Waals surface area contributed by atoms with Crippen LogP contribution in [0.2, 0.25) is 5.02 Å². The Labute approximate surface area is 90.7 Å². The summed E-state index contributed by atoms with van der Waals surface area (Å²) < 4.78 is 0. The third-order valence-electron chi connectivity index (χ3n) is 3.16. The molecule has 76 valence electrons. The first kappa shape index (κ1) is 9.85. The first-order chi connectivity index (χ1) is 6.52. The van der Waals surface area contributed by atoms with Gasteiger partial charge < -0.3 is 4.90 Å². The molecule has 0 aromatic heterocycles. The molecule has 0 radical (unpaired) electrons. The number of rotatable bonds is 2. The van der Waals surface area contributed by atoms with Crippen LogP contribution in [0.4, 0.5) is 5.69 Å². The van der Waals surface area contributed by atoms with Crippen LogP contribution in [0.25, 0.3) is 0 Å². The maximum absolute atomic E-state index is 6.14. The lowest BCUT2D eigenvalue weighted by Crippen LogP contribution is -2.23. The van der Waals surface area contributed by atoms with Gasteiger partial charge in [-0.25, -0.2) is 0 Å². The molecule has 0 spiro atoms. The predicted octanol–water partition coefficient (Wildman–Crippen LogP) is 3.57. The summed E-state index contributed by atoms with van der Waals surface area (Å²) in [6, 6.07) is 8.67. The molecule has 1 aliphatic rings. The highest BCUT2D eigenvalue weighted by Gasteiger charge is 2.48. The van der Waals surface area contributed by atoms with Gasteiger partial charge in [0.05, 0.1) is 10.7 Å². The Hall–Kier alpha value is -0.690. The van der Waals surface area contributed by atoms with Gasteiger partial charge in [0.25, 0.3) is 0 Å². The molecule has 1 aromatic carbocycles. The summed E-state index contributed by atoms with van der Waals surface area (Å²) in [5, 5.41) is 0.845. The summed E-state index contributed by atoms with van der Waals surface area (Å²) in [6.07, 6.45) is 1.26. The third kappa shape index (κ3) is 1.61. The molecule has 0 saturated heterocycles. The molecule has 1 saturated carbocycles. The molecule has 1 atom stereocenters.